The van der Waals surface area contributed by atoms with Crippen LogP contribution in [0, 0.1) is 0 Å². The molecule has 0 aliphatic carbocycles. The monoisotopic (exact) mass is 214 g/mol. The van der Waals surface area contributed by atoms with Gasteiger partial charge in [0.15, 0.2) is 0 Å². The maximum absolute atomic E-state index is 9.35. The lowest BCUT2D eigenvalue weighted by Gasteiger charge is -2.16. The Morgan fingerprint density at radius 1 is 1.06 bits per heavy atom. The van der Waals surface area contributed by atoms with Crippen molar-refractivity contribution < 1.29 is 5.11 Å². The van der Waals surface area contributed by atoms with Crippen molar-refractivity contribution in [2.24, 2.45) is 0 Å². The summed E-state index contributed by atoms with van der Waals surface area (Å²) in [5.41, 5.74) is 1.05. The average molecular weight is 214 g/mol. The van der Waals surface area contributed by atoms with Crippen LogP contribution in [0.3, 0.4) is 0 Å². The molecule has 1 heterocycles. The van der Waals surface area contributed by atoms with Crippen molar-refractivity contribution in [1.29, 1.82) is 0 Å². The number of anilines is 1. The van der Waals surface area contributed by atoms with Gasteiger partial charge >= 0.3 is 0 Å². The maximum Gasteiger partial charge on any atom is 0.126 e. The van der Waals surface area contributed by atoms with E-state index in [1.165, 1.54) is 0 Å². The fraction of sp³-hybridized carbons (Fsp3) is 0.154. The average Bonchev–Trinajstić information content (AvgIpc) is 2.38. The molecule has 0 amide bonds. The topological polar surface area (TPSA) is 45.1 Å². The molecule has 2 aromatic rings. The third-order valence-electron chi connectivity index (χ3n) is 2.37. The summed E-state index contributed by atoms with van der Waals surface area (Å²) in [4.78, 5) is 4.17. The lowest BCUT2D eigenvalue weighted by molar-refractivity contribution is 0.276. The van der Waals surface area contributed by atoms with E-state index < -0.39 is 0 Å². The van der Waals surface area contributed by atoms with E-state index in [0.29, 0.717) is 0 Å². The summed E-state index contributed by atoms with van der Waals surface area (Å²) in [6.45, 7) is 0.0422. The Morgan fingerprint density at radius 3 is 2.44 bits per heavy atom. The van der Waals surface area contributed by atoms with Gasteiger partial charge in [0.25, 0.3) is 0 Å². The highest BCUT2D eigenvalue weighted by atomic mass is 16.3. The fourth-order valence-electron chi connectivity index (χ4n) is 1.55. The van der Waals surface area contributed by atoms with Crippen LogP contribution >= 0.6 is 0 Å². The Balaban J connectivity index is 2.13. The first kappa shape index (κ1) is 10.6. The molecule has 1 aromatic heterocycles. The van der Waals surface area contributed by atoms with Crippen molar-refractivity contribution in [2.75, 3.05) is 11.9 Å². The molecule has 2 N–H and O–H groups in total. The molecule has 0 saturated heterocycles. The van der Waals surface area contributed by atoms with Crippen molar-refractivity contribution in [3.05, 3.63) is 60.3 Å². The standard InChI is InChI=1S/C13H14N2O/c16-10-12(11-6-2-1-3-7-11)15-13-8-4-5-9-14-13/h1-9,12,16H,10H2,(H,14,15)/t12-/m0/s1. The second-order valence-corrected chi connectivity index (χ2v) is 3.51. The van der Waals surface area contributed by atoms with Gasteiger partial charge in [0.2, 0.25) is 0 Å². The Hall–Kier alpha value is -1.87. The summed E-state index contributed by atoms with van der Waals surface area (Å²) in [6.07, 6.45) is 1.72. The number of aliphatic hydroxyl groups is 1. The van der Waals surface area contributed by atoms with Crippen LogP contribution < -0.4 is 5.32 Å². The number of nitrogens with one attached hydrogen (secondary N) is 1. The van der Waals surface area contributed by atoms with Gasteiger partial charge in [-0.25, -0.2) is 4.98 Å². The minimum absolute atomic E-state index is 0.0422. The molecule has 0 radical (unpaired) electrons. The summed E-state index contributed by atoms with van der Waals surface area (Å²) in [6, 6.07) is 15.4. The number of hydrogen-bond acceptors (Lipinski definition) is 3. The summed E-state index contributed by atoms with van der Waals surface area (Å²) >= 11 is 0. The highest BCUT2D eigenvalue weighted by molar-refractivity contribution is 5.37. The molecule has 0 bridgehead atoms. The molecular formula is C13H14N2O. The minimum Gasteiger partial charge on any atom is -0.394 e. The Kier molecular flexibility index (Phi) is 3.51. The molecule has 16 heavy (non-hydrogen) atoms. The second-order valence-electron chi connectivity index (χ2n) is 3.51. The molecule has 1 aromatic carbocycles. The zero-order valence-electron chi connectivity index (χ0n) is 8.88. The van der Waals surface area contributed by atoms with Gasteiger partial charge in [-0.3, -0.25) is 0 Å². The first-order valence-electron chi connectivity index (χ1n) is 5.23. The van der Waals surface area contributed by atoms with Crippen LogP contribution in [0.15, 0.2) is 54.7 Å². The predicted molar refractivity (Wildman–Crippen MR) is 64.1 cm³/mol. The van der Waals surface area contributed by atoms with Crippen LogP contribution in [0.1, 0.15) is 11.6 Å². The van der Waals surface area contributed by atoms with Gasteiger partial charge in [-0.1, -0.05) is 36.4 Å². The quantitative estimate of drug-likeness (QED) is 0.820. The molecular weight excluding hydrogens is 200 g/mol. The Labute approximate surface area is 94.8 Å². The van der Waals surface area contributed by atoms with Gasteiger partial charge in [0.05, 0.1) is 12.6 Å². The molecule has 1 atom stereocenters. The SMILES string of the molecule is OC[C@H](Nc1ccccn1)c1ccccc1. The van der Waals surface area contributed by atoms with Gasteiger partial charge in [-0.05, 0) is 17.7 Å². The lowest BCUT2D eigenvalue weighted by Crippen LogP contribution is -2.15. The van der Waals surface area contributed by atoms with Crippen molar-refractivity contribution in [3.8, 4) is 0 Å². The zero-order chi connectivity index (χ0) is 11.2. The number of rotatable bonds is 4. The Morgan fingerprint density at radius 2 is 1.81 bits per heavy atom. The molecule has 0 saturated carbocycles. The van der Waals surface area contributed by atoms with Gasteiger partial charge in [0.1, 0.15) is 5.82 Å². The maximum atomic E-state index is 9.35. The molecule has 0 fully saturated rings. The minimum atomic E-state index is -0.115. The molecule has 0 aliphatic rings. The van der Waals surface area contributed by atoms with E-state index in [4.69, 9.17) is 0 Å². The van der Waals surface area contributed by atoms with Crippen LogP contribution in [0.4, 0.5) is 5.82 Å². The van der Waals surface area contributed by atoms with Crippen molar-refractivity contribution in [2.45, 2.75) is 6.04 Å². The van der Waals surface area contributed by atoms with Crippen LogP contribution in [-0.4, -0.2) is 16.7 Å². The van der Waals surface area contributed by atoms with E-state index in [9.17, 15) is 5.11 Å². The second kappa shape index (κ2) is 5.28. The summed E-state index contributed by atoms with van der Waals surface area (Å²) in [5.74, 6) is 0.769. The lowest BCUT2D eigenvalue weighted by atomic mass is 10.1. The number of hydrogen-bond donors (Lipinski definition) is 2. The number of benzene rings is 1. The molecule has 0 spiro atoms. The summed E-state index contributed by atoms with van der Waals surface area (Å²) in [7, 11) is 0. The van der Waals surface area contributed by atoms with Crippen LogP contribution in [0.25, 0.3) is 0 Å². The first-order chi connectivity index (χ1) is 7.90. The number of pyridine rings is 1. The van der Waals surface area contributed by atoms with Gasteiger partial charge in [-0.2, -0.15) is 0 Å². The molecule has 2 rings (SSSR count). The van der Waals surface area contributed by atoms with E-state index in [-0.39, 0.29) is 12.6 Å². The predicted octanol–water partition coefficient (Wildman–Crippen LogP) is 2.23. The van der Waals surface area contributed by atoms with E-state index in [2.05, 4.69) is 10.3 Å². The van der Waals surface area contributed by atoms with Crippen LogP contribution in [0.2, 0.25) is 0 Å². The van der Waals surface area contributed by atoms with Crippen molar-refractivity contribution in [3.63, 3.8) is 0 Å². The molecule has 3 heteroatoms. The van der Waals surface area contributed by atoms with Crippen LogP contribution in [-0.2, 0) is 0 Å². The first-order valence-corrected chi connectivity index (χ1v) is 5.23. The molecule has 3 nitrogen and oxygen atoms in total. The van der Waals surface area contributed by atoms with E-state index in [0.717, 1.165) is 11.4 Å². The number of aromatic nitrogens is 1. The molecule has 0 unspecified atom stereocenters. The number of aliphatic hydroxyl groups excluding tert-OH is 1. The smallest absolute Gasteiger partial charge is 0.126 e. The van der Waals surface area contributed by atoms with Crippen molar-refractivity contribution in [1.82, 2.24) is 4.98 Å². The molecule has 82 valence electrons. The fourth-order valence-corrected chi connectivity index (χ4v) is 1.55. The van der Waals surface area contributed by atoms with Crippen LogP contribution in [0.5, 0.6) is 0 Å². The third-order valence-corrected chi connectivity index (χ3v) is 2.37. The number of nitrogens with zero attached hydrogens (tertiary/aromatic N) is 1. The van der Waals surface area contributed by atoms with E-state index in [1.807, 2.05) is 48.5 Å². The highest BCUT2D eigenvalue weighted by Gasteiger charge is 2.09. The van der Waals surface area contributed by atoms with E-state index >= 15 is 0 Å². The highest BCUT2D eigenvalue weighted by Crippen LogP contribution is 2.16. The largest absolute Gasteiger partial charge is 0.394 e. The Bertz CT molecular complexity index is 416. The molecule has 0 aliphatic heterocycles. The third kappa shape index (κ3) is 2.58. The van der Waals surface area contributed by atoms with E-state index in [1.54, 1.807) is 6.20 Å². The normalized spacial score (nSPS) is 12.1. The summed E-state index contributed by atoms with van der Waals surface area (Å²) < 4.78 is 0. The van der Waals surface area contributed by atoms with Gasteiger partial charge < -0.3 is 10.4 Å². The van der Waals surface area contributed by atoms with Gasteiger partial charge in [-0.15, -0.1) is 0 Å². The summed E-state index contributed by atoms with van der Waals surface area (Å²) in [5, 5.41) is 12.5. The van der Waals surface area contributed by atoms with Crippen molar-refractivity contribution >= 4 is 5.82 Å². The van der Waals surface area contributed by atoms with Gasteiger partial charge in [0, 0.05) is 6.20 Å². The zero-order valence-corrected chi connectivity index (χ0v) is 8.88.